The predicted molar refractivity (Wildman–Crippen MR) is 65.4 cm³/mol. The summed E-state index contributed by atoms with van der Waals surface area (Å²) >= 11 is 0. The number of nitrogens with zero attached hydrogens (tertiary/aromatic N) is 2. The molecule has 0 aliphatic heterocycles. The molecule has 1 aromatic carbocycles. The summed E-state index contributed by atoms with van der Waals surface area (Å²) in [4.78, 5) is 11.7. The van der Waals surface area contributed by atoms with Gasteiger partial charge in [-0.1, -0.05) is 0 Å². The van der Waals surface area contributed by atoms with Crippen LogP contribution in [-0.2, 0) is 9.92 Å². The highest BCUT2D eigenvalue weighted by molar-refractivity contribution is 7.90. The van der Waals surface area contributed by atoms with Crippen molar-refractivity contribution in [3.63, 3.8) is 0 Å². The quantitative estimate of drug-likeness (QED) is 0.784. The van der Waals surface area contributed by atoms with E-state index in [9.17, 15) is 9.00 Å². The highest BCUT2D eigenvalue weighted by atomic mass is 32.2. The van der Waals surface area contributed by atoms with Gasteiger partial charge < -0.3 is 5.73 Å². The lowest BCUT2D eigenvalue weighted by Gasteiger charge is -2.10. The first-order chi connectivity index (χ1) is 7.33. The molecule has 16 heavy (non-hydrogen) atoms. The van der Waals surface area contributed by atoms with Gasteiger partial charge in [0.25, 0.3) is 5.91 Å². The molecule has 2 N–H and O–H groups in total. The first-order valence-electron chi connectivity index (χ1n) is 4.62. The maximum atomic E-state index is 11.9. The maximum absolute atomic E-state index is 11.9. The van der Waals surface area contributed by atoms with Gasteiger partial charge in [0.15, 0.2) is 0 Å². The van der Waals surface area contributed by atoms with E-state index in [-0.39, 0.29) is 0 Å². The molecule has 1 amide bonds. The molecule has 0 heterocycles. The normalized spacial score (nSPS) is 14.5. The number of carbonyl (C=O) groups excluding carboxylic acids is 1. The molecule has 5 nitrogen and oxygen atoms in total. The van der Waals surface area contributed by atoms with Gasteiger partial charge in [-0.25, -0.2) is 8.51 Å². The summed E-state index contributed by atoms with van der Waals surface area (Å²) in [5, 5.41) is 0. The van der Waals surface area contributed by atoms with Crippen LogP contribution >= 0.6 is 0 Å². The van der Waals surface area contributed by atoms with Crippen LogP contribution in [0.1, 0.15) is 10.4 Å². The number of nitrogen functional groups attached to an aromatic ring is 1. The molecule has 0 fully saturated rings. The number of carbonyl (C=O) groups is 1. The van der Waals surface area contributed by atoms with Crippen molar-refractivity contribution >= 4 is 21.5 Å². The molecule has 88 valence electrons. The van der Waals surface area contributed by atoms with Crippen molar-refractivity contribution in [2.75, 3.05) is 26.1 Å². The minimum Gasteiger partial charge on any atom is -0.399 e. The second kappa shape index (κ2) is 4.63. The Hall–Kier alpha value is -1.40. The standard InChI is InChI=1S/C10H15N3O2S/c1-13(2)16(3,15)12-10(14)8-4-6-9(11)7-5-8/h4-7H,11H2,1-3H3/t16-/m0/s1. The molecule has 1 atom stereocenters. The van der Waals surface area contributed by atoms with Crippen molar-refractivity contribution in [3.05, 3.63) is 29.8 Å². The average Bonchev–Trinajstić information content (AvgIpc) is 2.17. The Morgan fingerprint density at radius 2 is 1.81 bits per heavy atom. The Balaban J connectivity index is 3.06. The number of rotatable bonds is 2. The van der Waals surface area contributed by atoms with Crippen LogP contribution in [0.3, 0.4) is 0 Å². The summed E-state index contributed by atoms with van der Waals surface area (Å²) in [6.45, 7) is 0. The van der Waals surface area contributed by atoms with Crippen LogP contribution in [0, 0.1) is 0 Å². The van der Waals surface area contributed by atoms with E-state index in [4.69, 9.17) is 5.73 Å². The Morgan fingerprint density at radius 3 is 2.25 bits per heavy atom. The summed E-state index contributed by atoms with van der Waals surface area (Å²) in [5.41, 5.74) is 6.45. The van der Waals surface area contributed by atoms with Gasteiger partial charge in [0.2, 0.25) is 0 Å². The number of benzene rings is 1. The molecule has 0 radical (unpaired) electrons. The van der Waals surface area contributed by atoms with Crippen molar-refractivity contribution in [2.45, 2.75) is 0 Å². The maximum Gasteiger partial charge on any atom is 0.286 e. The number of hydrogen-bond acceptors (Lipinski definition) is 3. The molecule has 1 aromatic rings. The van der Waals surface area contributed by atoms with E-state index >= 15 is 0 Å². The molecule has 1 rings (SSSR count). The Bertz CT molecular complexity index is 499. The summed E-state index contributed by atoms with van der Waals surface area (Å²) < 4.78 is 17.0. The molecule has 6 heteroatoms. The zero-order valence-corrected chi connectivity index (χ0v) is 10.3. The van der Waals surface area contributed by atoms with Crippen molar-refractivity contribution in [2.24, 2.45) is 4.36 Å². The molecule has 0 unspecified atom stereocenters. The number of anilines is 1. The lowest BCUT2D eigenvalue weighted by Crippen LogP contribution is -2.21. The number of nitrogens with two attached hydrogens (primary N) is 1. The molecule has 0 bridgehead atoms. The van der Waals surface area contributed by atoms with Crippen molar-refractivity contribution in [3.8, 4) is 0 Å². The van der Waals surface area contributed by atoms with Gasteiger partial charge in [-0.3, -0.25) is 4.79 Å². The summed E-state index contributed by atoms with van der Waals surface area (Å²) in [7, 11) is 0.598. The third-order valence-corrected chi connectivity index (χ3v) is 3.95. The molecule has 0 saturated carbocycles. The first-order valence-corrected chi connectivity index (χ1v) is 6.50. The fraction of sp³-hybridized carbons (Fsp3) is 0.300. The largest absolute Gasteiger partial charge is 0.399 e. The third kappa shape index (κ3) is 3.04. The van der Waals surface area contributed by atoms with Crippen LogP contribution in [-0.4, -0.2) is 34.8 Å². The fourth-order valence-corrected chi connectivity index (χ4v) is 1.49. The van der Waals surface area contributed by atoms with Crippen LogP contribution in [0.5, 0.6) is 0 Å². The molecular weight excluding hydrogens is 226 g/mol. The van der Waals surface area contributed by atoms with E-state index in [0.29, 0.717) is 11.3 Å². The van der Waals surface area contributed by atoms with E-state index in [1.807, 2.05) is 0 Å². The van der Waals surface area contributed by atoms with Gasteiger partial charge in [-0.05, 0) is 24.3 Å². The topological polar surface area (TPSA) is 75.8 Å². The second-order valence-corrected chi connectivity index (χ2v) is 6.03. The third-order valence-electron chi connectivity index (χ3n) is 2.09. The molecule has 0 aromatic heterocycles. The van der Waals surface area contributed by atoms with Gasteiger partial charge >= 0.3 is 0 Å². The monoisotopic (exact) mass is 241 g/mol. The van der Waals surface area contributed by atoms with E-state index in [0.717, 1.165) is 0 Å². The SMILES string of the molecule is CN(C)[S@@](C)(=O)=NC(=O)c1ccc(N)cc1. The lowest BCUT2D eigenvalue weighted by molar-refractivity contribution is 0.100. The highest BCUT2D eigenvalue weighted by Crippen LogP contribution is 2.08. The van der Waals surface area contributed by atoms with Crippen molar-refractivity contribution in [1.82, 2.24) is 4.31 Å². The molecular formula is C10H15N3O2S. The van der Waals surface area contributed by atoms with E-state index < -0.39 is 15.8 Å². The van der Waals surface area contributed by atoms with E-state index in [2.05, 4.69) is 4.36 Å². The minimum absolute atomic E-state index is 0.380. The molecule has 0 saturated heterocycles. The summed E-state index contributed by atoms with van der Waals surface area (Å²) in [6, 6.07) is 6.34. The Morgan fingerprint density at radius 1 is 1.31 bits per heavy atom. The summed E-state index contributed by atoms with van der Waals surface area (Å²) in [5.74, 6) is -0.499. The van der Waals surface area contributed by atoms with Crippen LogP contribution in [0.25, 0.3) is 0 Å². The van der Waals surface area contributed by atoms with Crippen LogP contribution in [0.15, 0.2) is 28.6 Å². The average molecular weight is 241 g/mol. The fourth-order valence-electron chi connectivity index (χ4n) is 0.914. The smallest absolute Gasteiger partial charge is 0.286 e. The molecule has 0 spiro atoms. The lowest BCUT2D eigenvalue weighted by atomic mass is 10.2. The Labute approximate surface area is 95.6 Å². The van der Waals surface area contributed by atoms with Crippen molar-refractivity contribution in [1.29, 1.82) is 0 Å². The number of amides is 1. The van der Waals surface area contributed by atoms with Crippen LogP contribution < -0.4 is 5.73 Å². The van der Waals surface area contributed by atoms with Gasteiger partial charge in [0.1, 0.15) is 9.92 Å². The minimum atomic E-state index is -2.63. The van der Waals surface area contributed by atoms with E-state index in [1.165, 1.54) is 10.6 Å². The zero-order valence-electron chi connectivity index (χ0n) is 9.51. The second-order valence-electron chi connectivity index (χ2n) is 3.59. The van der Waals surface area contributed by atoms with Crippen LogP contribution in [0.4, 0.5) is 5.69 Å². The summed E-state index contributed by atoms with van der Waals surface area (Å²) in [6.07, 6.45) is 1.42. The van der Waals surface area contributed by atoms with E-state index in [1.54, 1.807) is 38.4 Å². The van der Waals surface area contributed by atoms with Gasteiger partial charge in [-0.15, -0.1) is 4.36 Å². The zero-order chi connectivity index (χ0) is 12.3. The van der Waals surface area contributed by atoms with Crippen LogP contribution in [0.2, 0.25) is 0 Å². The molecule has 0 aliphatic rings. The predicted octanol–water partition coefficient (Wildman–Crippen LogP) is 0.983. The highest BCUT2D eigenvalue weighted by Gasteiger charge is 2.10. The van der Waals surface area contributed by atoms with Gasteiger partial charge in [-0.2, -0.15) is 0 Å². The first kappa shape index (κ1) is 12.7. The number of hydrogen-bond donors (Lipinski definition) is 1. The Kier molecular flexibility index (Phi) is 3.66. The van der Waals surface area contributed by atoms with Gasteiger partial charge in [0, 0.05) is 31.6 Å². The van der Waals surface area contributed by atoms with Gasteiger partial charge in [0.05, 0.1) is 0 Å². The van der Waals surface area contributed by atoms with Crippen molar-refractivity contribution < 1.29 is 9.00 Å². The molecule has 0 aliphatic carbocycles.